The minimum atomic E-state index is 0.0876. The maximum absolute atomic E-state index is 5.62. The molecule has 2 aromatic rings. The molecule has 0 N–H and O–H groups in total. The van der Waals surface area contributed by atoms with Crippen LogP contribution in [0.3, 0.4) is 0 Å². The Morgan fingerprint density at radius 3 is 3.05 bits per heavy atom. The maximum atomic E-state index is 5.62. The molecule has 0 radical (unpaired) electrons. The Morgan fingerprint density at radius 2 is 2.32 bits per heavy atom. The number of rotatable bonds is 3. The molecule has 0 aliphatic carbocycles. The number of aromatic nitrogens is 3. The highest BCUT2D eigenvalue weighted by molar-refractivity contribution is 5.48. The van der Waals surface area contributed by atoms with Crippen LogP contribution in [0.15, 0.2) is 24.4 Å². The molecule has 2 heterocycles. The smallest absolute Gasteiger partial charge is 0.144 e. The van der Waals surface area contributed by atoms with Gasteiger partial charge in [-0.2, -0.15) is 0 Å². The van der Waals surface area contributed by atoms with Crippen molar-refractivity contribution in [2.24, 2.45) is 0 Å². The van der Waals surface area contributed by atoms with Crippen LogP contribution in [0.1, 0.15) is 30.2 Å². The highest BCUT2D eigenvalue weighted by atomic mass is 16.5. The predicted molar refractivity (Wildman–Crippen MR) is 70.6 cm³/mol. The summed E-state index contributed by atoms with van der Waals surface area (Å²) in [6.07, 6.45) is 4.12. The van der Waals surface area contributed by atoms with E-state index in [4.69, 9.17) is 9.47 Å². The molecule has 5 nitrogen and oxygen atoms in total. The van der Waals surface area contributed by atoms with Crippen molar-refractivity contribution in [1.82, 2.24) is 15.0 Å². The fourth-order valence-corrected chi connectivity index (χ4v) is 2.33. The van der Waals surface area contributed by atoms with Crippen molar-refractivity contribution in [3.8, 4) is 11.4 Å². The Balaban J connectivity index is 1.95. The van der Waals surface area contributed by atoms with E-state index in [0.29, 0.717) is 0 Å². The van der Waals surface area contributed by atoms with E-state index in [9.17, 15) is 0 Å². The quantitative estimate of drug-likeness (QED) is 0.849. The molecule has 1 aliphatic heterocycles. The summed E-state index contributed by atoms with van der Waals surface area (Å²) in [6, 6.07) is 5.99. The Bertz CT molecular complexity index is 574. The van der Waals surface area contributed by atoms with Crippen LogP contribution in [0.5, 0.6) is 5.75 Å². The van der Waals surface area contributed by atoms with Crippen LogP contribution in [-0.2, 0) is 4.74 Å². The lowest BCUT2D eigenvalue weighted by molar-refractivity contribution is 0.108. The van der Waals surface area contributed by atoms with Crippen LogP contribution in [0.25, 0.3) is 5.69 Å². The fourth-order valence-electron chi connectivity index (χ4n) is 2.33. The summed E-state index contributed by atoms with van der Waals surface area (Å²) in [7, 11) is 1.66. The zero-order valence-corrected chi connectivity index (χ0v) is 11.2. The largest absolute Gasteiger partial charge is 0.494 e. The van der Waals surface area contributed by atoms with E-state index in [0.717, 1.165) is 42.1 Å². The van der Waals surface area contributed by atoms with Crippen LogP contribution in [0.2, 0.25) is 0 Å². The molecule has 1 unspecified atom stereocenters. The highest BCUT2D eigenvalue weighted by Crippen LogP contribution is 2.28. The second kappa shape index (κ2) is 5.01. The van der Waals surface area contributed by atoms with Crippen molar-refractivity contribution in [1.29, 1.82) is 0 Å². The number of hydrogen-bond donors (Lipinski definition) is 0. The number of aryl methyl sites for hydroxylation is 1. The molecule has 1 aliphatic rings. The standard InChI is InChI=1S/C14H17N3O2/c1-10-5-6-14(18-2)12(8-10)17-9-11(15-16-17)13-4-3-7-19-13/h5-6,8-9,13H,3-4,7H2,1-2H3. The van der Waals surface area contributed by atoms with E-state index in [-0.39, 0.29) is 6.10 Å². The van der Waals surface area contributed by atoms with E-state index in [1.807, 2.05) is 31.3 Å². The number of hydrogen-bond acceptors (Lipinski definition) is 4. The van der Waals surface area contributed by atoms with Gasteiger partial charge in [-0.25, -0.2) is 4.68 Å². The van der Waals surface area contributed by atoms with Crippen LogP contribution in [0, 0.1) is 6.92 Å². The molecule has 100 valence electrons. The second-order valence-electron chi connectivity index (χ2n) is 4.76. The molecule has 1 saturated heterocycles. The van der Waals surface area contributed by atoms with Gasteiger partial charge in [0.15, 0.2) is 0 Å². The molecule has 19 heavy (non-hydrogen) atoms. The maximum Gasteiger partial charge on any atom is 0.144 e. The first-order valence-electron chi connectivity index (χ1n) is 6.47. The van der Waals surface area contributed by atoms with Crippen LogP contribution < -0.4 is 4.74 Å². The summed E-state index contributed by atoms with van der Waals surface area (Å²) < 4.78 is 12.7. The van der Waals surface area contributed by atoms with Crippen molar-refractivity contribution in [2.45, 2.75) is 25.9 Å². The average Bonchev–Trinajstić information content (AvgIpc) is 3.09. The Kier molecular flexibility index (Phi) is 3.21. The van der Waals surface area contributed by atoms with Gasteiger partial charge < -0.3 is 9.47 Å². The Hall–Kier alpha value is -1.88. The van der Waals surface area contributed by atoms with Gasteiger partial charge in [-0.1, -0.05) is 11.3 Å². The van der Waals surface area contributed by atoms with Crippen molar-refractivity contribution in [3.63, 3.8) is 0 Å². The van der Waals surface area contributed by atoms with Crippen LogP contribution in [-0.4, -0.2) is 28.7 Å². The zero-order chi connectivity index (χ0) is 13.2. The first-order valence-corrected chi connectivity index (χ1v) is 6.47. The first-order chi connectivity index (χ1) is 9.28. The topological polar surface area (TPSA) is 49.2 Å². The molecule has 0 saturated carbocycles. The minimum absolute atomic E-state index is 0.0876. The first kappa shape index (κ1) is 12.2. The van der Waals surface area contributed by atoms with Gasteiger partial charge in [0.05, 0.1) is 13.3 Å². The van der Waals surface area contributed by atoms with Gasteiger partial charge in [0.1, 0.15) is 23.2 Å². The predicted octanol–water partition coefficient (Wildman–Crippen LogP) is 2.44. The normalized spacial score (nSPS) is 18.7. The van der Waals surface area contributed by atoms with Gasteiger partial charge in [-0.05, 0) is 37.5 Å². The van der Waals surface area contributed by atoms with Gasteiger partial charge in [0.2, 0.25) is 0 Å². The number of methoxy groups -OCH3 is 1. The number of benzene rings is 1. The van der Waals surface area contributed by atoms with E-state index < -0.39 is 0 Å². The second-order valence-corrected chi connectivity index (χ2v) is 4.76. The van der Waals surface area contributed by atoms with Gasteiger partial charge in [0.25, 0.3) is 0 Å². The van der Waals surface area contributed by atoms with E-state index in [1.54, 1.807) is 11.8 Å². The van der Waals surface area contributed by atoms with E-state index >= 15 is 0 Å². The van der Waals surface area contributed by atoms with Crippen molar-refractivity contribution in [3.05, 3.63) is 35.7 Å². The van der Waals surface area contributed by atoms with Crippen molar-refractivity contribution >= 4 is 0 Å². The molecular formula is C14H17N3O2. The molecule has 1 atom stereocenters. The monoisotopic (exact) mass is 259 g/mol. The van der Waals surface area contributed by atoms with Crippen molar-refractivity contribution in [2.75, 3.05) is 13.7 Å². The third-order valence-corrected chi connectivity index (χ3v) is 3.35. The SMILES string of the molecule is COc1ccc(C)cc1-n1cc(C2CCCO2)nn1. The van der Waals surface area contributed by atoms with Gasteiger partial charge in [-0.15, -0.1) is 5.10 Å². The molecule has 1 aromatic heterocycles. The van der Waals surface area contributed by atoms with Gasteiger partial charge >= 0.3 is 0 Å². The molecule has 5 heteroatoms. The summed E-state index contributed by atoms with van der Waals surface area (Å²) in [4.78, 5) is 0. The Labute approximate surface area is 112 Å². The van der Waals surface area contributed by atoms with E-state index in [2.05, 4.69) is 10.3 Å². The lowest BCUT2D eigenvalue weighted by Crippen LogP contribution is -1.99. The molecule has 3 rings (SSSR count). The minimum Gasteiger partial charge on any atom is -0.494 e. The summed E-state index contributed by atoms with van der Waals surface area (Å²) in [5.74, 6) is 0.786. The average molecular weight is 259 g/mol. The third-order valence-electron chi connectivity index (χ3n) is 3.35. The number of nitrogens with zero attached hydrogens (tertiary/aromatic N) is 3. The zero-order valence-electron chi connectivity index (χ0n) is 11.2. The molecule has 1 aromatic carbocycles. The molecule has 0 bridgehead atoms. The lowest BCUT2D eigenvalue weighted by atomic mass is 10.2. The highest BCUT2D eigenvalue weighted by Gasteiger charge is 2.21. The van der Waals surface area contributed by atoms with Gasteiger partial charge in [-0.3, -0.25) is 0 Å². The Morgan fingerprint density at radius 1 is 1.42 bits per heavy atom. The third kappa shape index (κ3) is 2.33. The summed E-state index contributed by atoms with van der Waals surface area (Å²) >= 11 is 0. The summed E-state index contributed by atoms with van der Waals surface area (Å²) in [5.41, 5.74) is 2.95. The van der Waals surface area contributed by atoms with Crippen molar-refractivity contribution < 1.29 is 9.47 Å². The lowest BCUT2D eigenvalue weighted by Gasteiger charge is -2.08. The van der Waals surface area contributed by atoms with Gasteiger partial charge in [0, 0.05) is 6.61 Å². The molecule has 0 amide bonds. The van der Waals surface area contributed by atoms with Crippen LogP contribution in [0.4, 0.5) is 0 Å². The molecular weight excluding hydrogens is 242 g/mol. The fraction of sp³-hybridized carbons (Fsp3) is 0.429. The van der Waals surface area contributed by atoms with Crippen LogP contribution >= 0.6 is 0 Å². The van der Waals surface area contributed by atoms with E-state index in [1.165, 1.54) is 0 Å². The summed E-state index contributed by atoms with van der Waals surface area (Å²) in [5, 5.41) is 8.40. The number of ether oxygens (including phenoxy) is 2. The molecule has 0 spiro atoms. The summed E-state index contributed by atoms with van der Waals surface area (Å²) in [6.45, 7) is 2.85. The molecule has 1 fully saturated rings.